The number of hydrogen-bond acceptors (Lipinski definition) is 3. The number of anilines is 1. The highest BCUT2D eigenvalue weighted by molar-refractivity contribution is 5.97. The minimum atomic E-state index is -0.553. The lowest BCUT2D eigenvalue weighted by molar-refractivity contribution is -0.119. The summed E-state index contributed by atoms with van der Waals surface area (Å²) in [4.78, 5) is 27.0. The molecule has 1 amide bonds. The zero-order valence-corrected chi connectivity index (χ0v) is 13.6. The standard InChI is InChI=1S/C19H18N2O3/c1-12-7-8-13(2)16(9-12)21-18(22)11-24-19(23)17-10-14-5-3-4-6-15(14)20-17/h3-10,20H,11H2,1-2H3,(H,21,22). The summed E-state index contributed by atoms with van der Waals surface area (Å²) in [7, 11) is 0. The lowest BCUT2D eigenvalue weighted by Crippen LogP contribution is -2.21. The van der Waals surface area contributed by atoms with Crippen LogP contribution in [0.4, 0.5) is 5.69 Å². The summed E-state index contributed by atoms with van der Waals surface area (Å²) in [6.07, 6.45) is 0. The van der Waals surface area contributed by atoms with Crippen molar-refractivity contribution in [1.82, 2.24) is 4.98 Å². The Morgan fingerprint density at radius 3 is 2.67 bits per heavy atom. The summed E-state index contributed by atoms with van der Waals surface area (Å²) in [6.45, 7) is 3.53. The first-order chi connectivity index (χ1) is 11.5. The quantitative estimate of drug-likeness (QED) is 0.721. The van der Waals surface area contributed by atoms with Gasteiger partial charge in [0, 0.05) is 16.6 Å². The Kier molecular flexibility index (Phi) is 4.33. The Balaban J connectivity index is 1.61. The van der Waals surface area contributed by atoms with E-state index in [1.807, 2.05) is 56.3 Å². The van der Waals surface area contributed by atoms with E-state index in [2.05, 4.69) is 10.3 Å². The van der Waals surface area contributed by atoms with Crippen LogP contribution in [0.25, 0.3) is 10.9 Å². The molecule has 0 aliphatic heterocycles. The summed E-state index contributed by atoms with van der Waals surface area (Å²) in [5, 5.41) is 3.68. The van der Waals surface area contributed by atoms with Gasteiger partial charge in [-0.15, -0.1) is 0 Å². The number of H-pyrrole nitrogens is 1. The molecule has 1 heterocycles. The summed E-state index contributed by atoms with van der Waals surface area (Å²) >= 11 is 0. The molecule has 3 aromatic rings. The van der Waals surface area contributed by atoms with Crippen LogP contribution < -0.4 is 5.32 Å². The Morgan fingerprint density at radius 1 is 1.08 bits per heavy atom. The second-order valence-corrected chi connectivity index (χ2v) is 5.71. The molecule has 5 nitrogen and oxygen atoms in total. The Bertz CT molecular complexity index is 879. The van der Waals surface area contributed by atoms with Crippen molar-refractivity contribution >= 4 is 28.5 Å². The average molecular weight is 322 g/mol. The number of fused-ring (bicyclic) bond motifs is 1. The van der Waals surface area contributed by atoms with Crippen molar-refractivity contribution in [2.75, 3.05) is 11.9 Å². The van der Waals surface area contributed by atoms with Gasteiger partial charge in [0.25, 0.3) is 5.91 Å². The fourth-order valence-corrected chi connectivity index (χ4v) is 2.45. The normalized spacial score (nSPS) is 10.6. The largest absolute Gasteiger partial charge is 0.451 e. The number of carbonyl (C=O) groups is 2. The molecule has 2 aromatic carbocycles. The molecule has 0 aliphatic carbocycles. The number of aryl methyl sites for hydroxylation is 2. The number of aromatic amines is 1. The molecule has 2 N–H and O–H groups in total. The van der Waals surface area contributed by atoms with Gasteiger partial charge in [-0.1, -0.05) is 30.3 Å². The number of rotatable bonds is 4. The molecular formula is C19H18N2O3. The van der Waals surface area contributed by atoms with Crippen LogP contribution in [0.1, 0.15) is 21.6 Å². The molecule has 0 aliphatic rings. The molecule has 0 saturated heterocycles. The van der Waals surface area contributed by atoms with Gasteiger partial charge in [0.2, 0.25) is 0 Å². The Morgan fingerprint density at radius 2 is 1.88 bits per heavy atom. The van der Waals surface area contributed by atoms with Gasteiger partial charge in [-0.05, 0) is 43.2 Å². The average Bonchev–Trinajstić information content (AvgIpc) is 3.00. The maximum atomic E-state index is 12.1. The Labute approximate surface area is 139 Å². The van der Waals surface area contributed by atoms with Crippen LogP contribution >= 0.6 is 0 Å². The number of aromatic nitrogens is 1. The molecule has 0 atom stereocenters. The number of hydrogen-bond donors (Lipinski definition) is 2. The topological polar surface area (TPSA) is 71.2 Å². The van der Waals surface area contributed by atoms with Gasteiger partial charge in [-0.25, -0.2) is 4.79 Å². The van der Waals surface area contributed by atoms with Crippen molar-refractivity contribution in [2.45, 2.75) is 13.8 Å². The summed E-state index contributed by atoms with van der Waals surface area (Å²) in [5.74, 6) is -0.921. The molecule has 1 aromatic heterocycles. The lowest BCUT2D eigenvalue weighted by Gasteiger charge is -2.09. The van der Waals surface area contributed by atoms with Crippen molar-refractivity contribution in [3.63, 3.8) is 0 Å². The van der Waals surface area contributed by atoms with Crippen molar-refractivity contribution in [2.24, 2.45) is 0 Å². The predicted octanol–water partition coefficient (Wildman–Crippen LogP) is 3.58. The molecule has 0 unspecified atom stereocenters. The number of para-hydroxylation sites is 1. The highest BCUT2D eigenvalue weighted by Gasteiger charge is 2.13. The molecule has 24 heavy (non-hydrogen) atoms. The zero-order chi connectivity index (χ0) is 17.1. The van der Waals surface area contributed by atoms with E-state index in [1.165, 1.54) is 0 Å². The van der Waals surface area contributed by atoms with Crippen LogP contribution in [0.3, 0.4) is 0 Å². The molecule has 3 rings (SSSR count). The van der Waals surface area contributed by atoms with E-state index < -0.39 is 5.97 Å². The lowest BCUT2D eigenvalue weighted by atomic mass is 10.1. The number of nitrogens with one attached hydrogen (secondary N) is 2. The fourth-order valence-electron chi connectivity index (χ4n) is 2.45. The van der Waals surface area contributed by atoms with Gasteiger partial charge in [0.15, 0.2) is 6.61 Å². The first-order valence-corrected chi connectivity index (χ1v) is 7.65. The second-order valence-electron chi connectivity index (χ2n) is 5.71. The first kappa shape index (κ1) is 15.8. The highest BCUT2D eigenvalue weighted by Crippen LogP contribution is 2.17. The van der Waals surface area contributed by atoms with Gasteiger partial charge in [-0.3, -0.25) is 4.79 Å². The Hall–Kier alpha value is -3.08. The molecule has 0 saturated carbocycles. The molecule has 122 valence electrons. The highest BCUT2D eigenvalue weighted by atomic mass is 16.5. The third-order valence-corrected chi connectivity index (χ3v) is 3.75. The van der Waals surface area contributed by atoms with Crippen LogP contribution in [-0.2, 0) is 9.53 Å². The van der Waals surface area contributed by atoms with Crippen LogP contribution in [0.15, 0.2) is 48.5 Å². The SMILES string of the molecule is Cc1ccc(C)c(NC(=O)COC(=O)c2cc3ccccc3[nH]2)c1. The van der Waals surface area contributed by atoms with E-state index in [9.17, 15) is 9.59 Å². The van der Waals surface area contributed by atoms with Crippen LogP contribution in [-0.4, -0.2) is 23.5 Å². The van der Waals surface area contributed by atoms with Gasteiger partial charge >= 0.3 is 5.97 Å². The summed E-state index contributed by atoms with van der Waals surface area (Å²) < 4.78 is 5.08. The van der Waals surface area contributed by atoms with Gasteiger partial charge < -0.3 is 15.0 Å². The molecular weight excluding hydrogens is 304 g/mol. The number of ether oxygens (including phenoxy) is 1. The van der Waals surface area contributed by atoms with Crippen molar-refractivity contribution in [3.8, 4) is 0 Å². The van der Waals surface area contributed by atoms with Crippen LogP contribution in [0.2, 0.25) is 0 Å². The van der Waals surface area contributed by atoms with Crippen molar-refractivity contribution < 1.29 is 14.3 Å². The number of esters is 1. The van der Waals surface area contributed by atoms with E-state index in [0.29, 0.717) is 5.69 Å². The van der Waals surface area contributed by atoms with E-state index in [1.54, 1.807) is 6.07 Å². The number of amides is 1. The molecule has 0 bridgehead atoms. The molecule has 5 heteroatoms. The third-order valence-electron chi connectivity index (χ3n) is 3.75. The number of benzene rings is 2. The van der Waals surface area contributed by atoms with E-state index in [4.69, 9.17) is 4.74 Å². The first-order valence-electron chi connectivity index (χ1n) is 7.65. The third kappa shape index (κ3) is 3.46. The van der Waals surface area contributed by atoms with E-state index >= 15 is 0 Å². The van der Waals surface area contributed by atoms with Gasteiger partial charge in [-0.2, -0.15) is 0 Å². The minimum absolute atomic E-state index is 0.329. The smallest absolute Gasteiger partial charge is 0.355 e. The summed E-state index contributed by atoms with van der Waals surface area (Å²) in [6, 6.07) is 15.0. The monoisotopic (exact) mass is 322 g/mol. The molecule has 0 fully saturated rings. The van der Waals surface area contributed by atoms with Crippen LogP contribution in [0, 0.1) is 13.8 Å². The van der Waals surface area contributed by atoms with Gasteiger partial charge in [0.1, 0.15) is 5.69 Å². The van der Waals surface area contributed by atoms with Crippen LogP contribution in [0.5, 0.6) is 0 Å². The van der Waals surface area contributed by atoms with Gasteiger partial charge in [0.05, 0.1) is 0 Å². The second kappa shape index (κ2) is 6.58. The minimum Gasteiger partial charge on any atom is -0.451 e. The predicted molar refractivity (Wildman–Crippen MR) is 93.1 cm³/mol. The fraction of sp³-hybridized carbons (Fsp3) is 0.158. The molecule has 0 radical (unpaired) electrons. The summed E-state index contributed by atoms with van der Waals surface area (Å²) in [5.41, 5.74) is 3.91. The number of carbonyl (C=O) groups excluding carboxylic acids is 2. The maximum Gasteiger partial charge on any atom is 0.355 e. The molecule has 0 spiro atoms. The zero-order valence-electron chi connectivity index (χ0n) is 13.6. The van der Waals surface area contributed by atoms with Crippen molar-refractivity contribution in [3.05, 3.63) is 65.4 Å². The van der Waals surface area contributed by atoms with E-state index in [-0.39, 0.29) is 12.5 Å². The van der Waals surface area contributed by atoms with Crippen molar-refractivity contribution in [1.29, 1.82) is 0 Å². The van der Waals surface area contributed by atoms with E-state index in [0.717, 1.165) is 27.7 Å². The maximum absolute atomic E-state index is 12.1.